The highest BCUT2D eigenvalue weighted by atomic mass is 35.5. The van der Waals surface area contributed by atoms with Crippen molar-refractivity contribution in [2.75, 3.05) is 18.1 Å². The highest BCUT2D eigenvalue weighted by Crippen LogP contribution is 2.23. The van der Waals surface area contributed by atoms with Crippen molar-refractivity contribution >= 4 is 27.3 Å². The number of ether oxygens (including phenoxy) is 1. The van der Waals surface area contributed by atoms with E-state index in [2.05, 4.69) is 5.32 Å². The molecular weight excluding hydrogens is 302 g/mol. The minimum absolute atomic E-state index is 0.0319. The first-order chi connectivity index (χ1) is 9.46. The number of carbonyl (C=O) groups is 1. The molecule has 1 aromatic rings. The van der Waals surface area contributed by atoms with Crippen LogP contribution in [0.1, 0.15) is 12.8 Å². The van der Waals surface area contributed by atoms with Crippen LogP contribution in [-0.4, -0.2) is 38.5 Å². The second kappa shape index (κ2) is 6.45. The summed E-state index contributed by atoms with van der Waals surface area (Å²) in [5, 5.41) is 3.20. The molecular formula is C13H16ClNO4S. The van der Waals surface area contributed by atoms with Crippen molar-refractivity contribution in [2.45, 2.75) is 18.9 Å². The lowest BCUT2D eigenvalue weighted by Gasteiger charge is -2.11. The second-order valence-electron chi connectivity index (χ2n) is 4.70. The summed E-state index contributed by atoms with van der Waals surface area (Å²) in [5.41, 5.74) is 0. The van der Waals surface area contributed by atoms with E-state index in [0.29, 0.717) is 17.2 Å². The smallest absolute Gasteiger partial charge is 0.223 e. The van der Waals surface area contributed by atoms with Crippen LogP contribution < -0.4 is 10.1 Å². The Balaban J connectivity index is 1.72. The molecule has 0 saturated carbocycles. The van der Waals surface area contributed by atoms with Crippen LogP contribution in [0, 0.1) is 0 Å². The van der Waals surface area contributed by atoms with Crippen molar-refractivity contribution in [2.24, 2.45) is 0 Å². The fraction of sp³-hybridized carbons (Fsp3) is 0.462. The van der Waals surface area contributed by atoms with Crippen molar-refractivity contribution in [1.82, 2.24) is 5.32 Å². The van der Waals surface area contributed by atoms with E-state index in [1.54, 1.807) is 24.3 Å². The van der Waals surface area contributed by atoms with Crippen LogP contribution in [0.15, 0.2) is 24.3 Å². The third-order valence-electron chi connectivity index (χ3n) is 3.02. The summed E-state index contributed by atoms with van der Waals surface area (Å²) in [5.74, 6) is 0.502. The van der Waals surface area contributed by atoms with Gasteiger partial charge in [0, 0.05) is 6.04 Å². The zero-order valence-electron chi connectivity index (χ0n) is 10.8. The van der Waals surface area contributed by atoms with Crippen LogP contribution in [0.4, 0.5) is 0 Å². The van der Waals surface area contributed by atoms with E-state index in [4.69, 9.17) is 16.3 Å². The summed E-state index contributed by atoms with van der Waals surface area (Å²) < 4.78 is 27.9. The molecule has 1 saturated heterocycles. The normalized spacial score (nSPS) is 20.6. The maximum atomic E-state index is 11.7. The maximum Gasteiger partial charge on any atom is 0.223 e. The lowest BCUT2D eigenvalue weighted by molar-refractivity contribution is -0.122. The van der Waals surface area contributed by atoms with E-state index in [-0.39, 0.29) is 36.5 Å². The number of halogens is 1. The van der Waals surface area contributed by atoms with E-state index in [1.165, 1.54) is 0 Å². The van der Waals surface area contributed by atoms with Gasteiger partial charge in [0.15, 0.2) is 9.84 Å². The molecule has 20 heavy (non-hydrogen) atoms. The number of nitrogens with one attached hydrogen (secondary N) is 1. The van der Waals surface area contributed by atoms with E-state index >= 15 is 0 Å². The molecule has 2 rings (SSSR count). The number of hydrogen-bond donors (Lipinski definition) is 1. The van der Waals surface area contributed by atoms with Crippen molar-refractivity contribution in [3.05, 3.63) is 29.3 Å². The lowest BCUT2D eigenvalue weighted by atomic mass is 10.2. The van der Waals surface area contributed by atoms with Gasteiger partial charge in [-0.1, -0.05) is 23.7 Å². The van der Waals surface area contributed by atoms with Crippen molar-refractivity contribution in [1.29, 1.82) is 0 Å². The zero-order chi connectivity index (χ0) is 14.6. The standard InChI is InChI=1S/C13H16ClNO4S/c14-11-3-1-2-4-12(11)19-7-5-13(16)15-10-6-8-20(17,18)9-10/h1-4,10H,5-9H2,(H,15,16)/t10-/m0/s1. The minimum atomic E-state index is -2.97. The summed E-state index contributed by atoms with van der Waals surface area (Å²) >= 11 is 5.92. The Morgan fingerprint density at radius 3 is 2.80 bits per heavy atom. The van der Waals surface area contributed by atoms with Gasteiger partial charge in [-0.15, -0.1) is 0 Å². The molecule has 1 aliphatic heterocycles. The van der Waals surface area contributed by atoms with E-state index in [0.717, 1.165) is 0 Å². The molecule has 7 heteroatoms. The van der Waals surface area contributed by atoms with Gasteiger partial charge in [-0.25, -0.2) is 8.42 Å². The fourth-order valence-corrected chi connectivity index (χ4v) is 3.89. The summed E-state index contributed by atoms with van der Waals surface area (Å²) in [6.45, 7) is 0.203. The number of amides is 1. The third-order valence-corrected chi connectivity index (χ3v) is 5.10. The van der Waals surface area contributed by atoms with E-state index in [9.17, 15) is 13.2 Å². The summed E-state index contributed by atoms with van der Waals surface area (Å²) in [6.07, 6.45) is 0.654. The van der Waals surface area contributed by atoms with Gasteiger partial charge in [-0.3, -0.25) is 4.79 Å². The Morgan fingerprint density at radius 1 is 1.40 bits per heavy atom. The average Bonchev–Trinajstić information content (AvgIpc) is 2.71. The quantitative estimate of drug-likeness (QED) is 0.891. The average molecular weight is 318 g/mol. The summed E-state index contributed by atoms with van der Waals surface area (Å²) in [4.78, 5) is 11.7. The molecule has 110 valence electrons. The molecule has 1 aliphatic rings. The number of hydrogen-bond acceptors (Lipinski definition) is 4. The third kappa shape index (κ3) is 4.38. The van der Waals surface area contributed by atoms with Gasteiger partial charge in [0.05, 0.1) is 29.6 Å². The number of carbonyl (C=O) groups excluding carboxylic acids is 1. The highest BCUT2D eigenvalue weighted by Gasteiger charge is 2.28. The van der Waals surface area contributed by atoms with Gasteiger partial charge < -0.3 is 10.1 Å². The minimum Gasteiger partial charge on any atom is -0.491 e. The largest absolute Gasteiger partial charge is 0.491 e. The van der Waals surface area contributed by atoms with Gasteiger partial charge in [-0.05, 0) is 18.6 Å². The molecule has 0 aromatic heterocycles. The van der Waals surface area contributed by atoms with Crippen molar-refractivity contribution in [3.63, 3.8) is 0 Å². The highest BCUT2D eigenvalue weighted by molar-refractivity contribution is 7.91. The lowest BCUT2D eigenvalue weighted by Crippen LogP contribution is -2.36. The number of para-hydroxylation sites is 1. The second-order valence-corrected chi connectivity index (χ2v) is 7.33. The molecule has 1 N–H and O–H groups in total. The molecule has 1 fully saturated rings. The van der Waals surface area contributed by atoms with Crippen molar-refractivity contribution < 1.29 is 17.9 Å². The Kier molecular flexibility index (Phi) is 4.88. The molecule has 1 atom stereocenters. The molecule has 1 amide bonds. The van der Waals surface area contributed by atoms with Crippen LogP contribution in [0.25, 0.3) is 0 Å². The van der Waals surface area contributed by atoms with Crippen LogP contribution >= 0.6 is 11.6 Å². The Morgan fingerprint density at radius 2 is 2.15 bits per heavy atom. The molecule has 5 nitrogen and oxygen atoms in total. The summed E-state index contributed by atoms with van der Waals surface area (Å²) in [7, 11) is -2.97. The Hall–Kier alpha value is -1.27. The predicted molar refractivity (Wildman–Crippen MR) is 76.8 cm³/mol. The van der Waals surface area contributed by atoms with Gasteiger partial charge >= 0.3 is 0 Å². The first-order valence-electron chi connectivity index (χ1n) is 6.33. The number of sulfone groups is 1. The number of benzene rings is 1. The number of rotatable bonds is 5. The SMILES string of the molecule is O=C(CCOc1ccccc1Cl)N[C@H]1CCS(=O)(=O)C1. The molecule has 1 aromatic carbocycles. The van der Waals surface area contributed by atoms with E-state index < -0.39 is 9.84 Å². The Labute approximate surface area is 123 Å². The molecule has 0 unspecified atom stereocenters. The molecule has 0 radical (unpaired) electrons. The zero-order valence-corrected chi connectivity index (χ0v) is 12.4. The van der Waals surface area contributed by atoms with Gasteiger partial charge in [-0.2, -0.15) is 0 Å². The summed E-state index contributed by atoms with van der Waals surface area (Å²) in [6, 6.07) is 6.75. The Bertz CT molecular complexity index is 588. The first kappa shape index (κ1) is 15.1. The van der Waals surface area contributed by atoms with Crippen LogP contribution in [-0.2, 0) is 14.6 Å². The van der Waals surface area contributed by atoms with Crippen molar-refractivity contribution in [3.8, 4) is 5.75 Å². The molecule has 0 aliphatic carbocycles. The van der Waals surface area contributed by atoms with Crippen LogP contribution in [0.2, 0.25) is 5.02 Å². The first-order valence-corrected chi connectivity index (χ1v) is 8.53. The van der Waals surface area contributed by atoms with E-state index in [1.807, 2.05) is 0 Å². The fourth-order valence-electron chi connectivity index (χ4n) is 2.02. The van der Waals surface area contributed by atoms with Gasteiger partial charge in [0.25, 0.3) is 0 Å². The van der Waals surface area contributed by atoms with Gasteiger partial charge in [0.2, 0.25) is 5.91 Å². The molecule has 0 bridgehead atoms. The van der Waals surface area contributed by atoms with Gasteiger partial charge in [0.1, 0.15) is 5.75 Å². The molecule has 0 spiro atoms. The van der Waals surface area contributed by atoms with Crippen LogP contribution in [0.3, 0.4) is 0 Å². The van der Waals surface area contributed by atoms with Crippen LogP contribution in [0.5, 0.6) is 5.75 Å². The predicted octanol–water partition coefficient (Wildman–Crippen LogP) is 1.41. The monoisotopic (exact) mass is 317 g/mol. The molecule has 1 heterocycles. The maximum absolute atomic E-state index is 11.7. The topological polar surface area (TPSA) is 72.5 Å².